The molecule has 0 saturated heterocycles. The molecule has 79 valence electrons. The van der Waals surface area contributed by atoms with Crippen LogP contribution in [0.25, 0.3) is 27.6 Å². The van der Waals surface area contributed by atoms with Crippen molar-refractivity contribution in [3.8, 4) is 0 Å². The predicted molar refractivity (Wildman–Crippen MR) is 69.1 cm³/mol. The second-order valence-corrected chi connectivity index (χ2v) is 3.88. The summed E-state index contributed by atoms with van der Waals surface area (Å²) < 4.78 is 0. The number of hydrogen-bond donors (Lipinski definition) is 0. The fourth-order valence-corrected chi connectivity index (χ4v) is 1.99. The Hall–Kier alpha value is -0.976. The molecule has 1 radical (unpaired) electrons. The first-order valence-electron chi connectivity index (χ1n) is 5.26. The Labute approximate surface area is 126 Å². The standard InChI is InChI=1S/C16H10.Y/c1-2-12-7-8-15-10-13-5-3-4-6-14(13)11-16(15)9-12;/h1-6,8-11H;/q-2;. The molecule has 0 saturated carbocycles. The maximum atomic E-state index is 5.50. The van der Waals surface area contributed by atoms with E-state index in [9.17, 15) is 0 Å². The largest absolute Gasteiger partial charge is 0.344 e. The van der Waals surface area contributed by atoms with Crippen molar-refractivity contribution >= 4 is 27.6 Å². The Morgan fingerprint density at radius 3 is 2.18 bits per heavy atom. The van der Waals surface area contributed by atoms with Crippen molar-refractivity contribution in [3.05, 3.63) is 66.7 Å². The molecule has 0 fully saturated rings. The Morgan fingerprint density at radius 2 is 1.53 bits per heavy atom. The summed E-state index contributed by atoms with van der Waals surface area (Å²) in [4.78, 5) is 0. The predicted octanol–water partition coefficient (Wildman–Crippen LogP) is 4.24. The van der Waals surface area contributed by atoms with Gasteiger partial charge in [0.25, 0.3) is 0 Å². The van der Waals surface area contributed by atoms with E-state index in [1.54, 1.807) is 6.08 Å². The topological polar surface area (TPSA) is 0 Å². The maximum absolute atomic E-state index is 5.50. The van der Waals surface area contributed by atoms with Crippen molar-refractivity contribution in [2.45, 2.75) is 0 Å². The van der Waals surface area contributed by atoms with Crippen LogP contribution in [0.5, 0.6) is 0 Å². The zero-order valence-electron chi connectivity index (χ0n) is 9.35. The van der Waals surface area contributed by atoms with Crippen LogP contribution in [-0.4, -0.2) is 0 Å². The van der Waals surface area contributed by atoms with Crippen molar-refractivity contribution in [1.29, 1.82) is 0 Å². The summed E-state index contributed by atoms with van der Waals surface area (Å²) >= 11 is 0. The van der Waals surface area contributed by atoms with Gasteiger partial charge in [-0.3, -0.25) is 0 Å². The van der Waals surface area contributed by atoms with E-state index >= 15 is 0 Å². The van der Waals surface area contributed by atoms with Gasteiger partial charge in [0, 0.05) is 32.7 Å². The van der Waals surface area contributed by atoms with E-state index in [0.29, 0.717) is 0 Å². The molecule has 3 aromatic carbocycles. The molecule has 1 heteroatoms. The first kappa shape index (κ1) is 12.5. The van der Waals surface area contributed by atoms with Crippen molar-refractivity contribution in [2.75, 3.05) is 0 Å². The summed E-state index contributed by atoms with van der Waals surface area (Å²) in [7, 11) is 0. The van der Waals surface area contributed by atoms with Gasteiger partial charge in [-0.1, -0.05) is 36.4 Å². The average molecular weight is 291 g/mol. The Balaban J connectivity index is 0.00000108. The fraction of sp³-hybridized carbons (Fsp3) is 0. The quantitative estimate of drug-likeness (QED) is 0.465. The number of fused-ring (bicyclic) bond motifs is 2. The van der Waals surface area contributed by atoms with Gasteiger partial charge in [-0.2, -0.15) is 6.07 Å². The molecule has 0 nitrogen and oxygen atoms in total. The smallest absolute Gasteiger partial charge is 0 e. The molecule has 0 heterocycles. The van der Waals surface area contributed by atoms with E-state index in [0.717, 1.165) is 5.56 Å². The number of rotatable bonds is 1. The Bertz CT molecular complexity index is 683. The van der Waals surface area contributed by atoms with Gasteiger partial charge >= 0.3 is 0 Å². The molecule has 0 spiro atoms. The van der Waals surface area contributed by atoms with Crippen molar-refractivity contribution in [2.24, 2.45) is 0 Å². The van der Waals surface area contributed by atoms with Crippen LogP contribution in [-0.2, 0) is 32.7 Å². The molecule has 0 aliphatic carbocycles. The van der Waals surface area contributed by atoms with E-state index in [1.807, 2.05) is 6.07 Å². The molecule has 0 unspecified atom stereocenters. The molecule has 3 rings (SSSR count). The summed E-state index contributed by atoms with van der Waals surface area (Å²) in [5, 5.41) is 4.91. The summed E-state index contributed by atoms with van der Waals surface area (Å²) in [5.41, 5.74) is 0.933. The van der Waals surface area contributed by atoms with Crippen LogP contribution in [0, 0.1) is 12.6 Å². The minimum atomic E-state index is 0. The van der Waals surface area contributed by atoms with Crippen LogP contribution in [0.4, 0.5) is 0 Å². The van der Waals surface area contributed by atoms with Gasteiger partial charge in [0.15, 0.2) is 0 Å². The Kier molecular flexibility index (Phi) is 3.76. The SMILES string of the molecule is [CH-]=Cc1[c-]cc2cc3ccccc3cc2c1.[Y]. The maximum Gasteiger partial charge on any atom is 0 e. The van der Waals surface area contributed by atoms with Gasteiger partial charge in [-0.25, -0.2) is 12.1 Å². The van der Waals surface area contributed by atoms with Gasteiger partial charge < -0.3 is 18.2 Å². The van der Waals surface area contributed by atoms with Crippen LogP contribution in [0.3, 0.4) is 0 Å². The summed E-state index contributed by atoms with van der Waals surface area (Å²) in [6, 6.07) is 19.9. The van der Waals surface area contributed by atoms with Crippen LogP contribution < -0.4 is 0 Å². The monoisotopic (exact) mass is 291 g/mol. The number of hydrogen-bond acceptors (Lipinski definition) is 0. The van der Waals surface area contributed by atoms with Gasteiger partial charge in [-0.05, 0) is 10.8 Å². The third-order valence-electron chi connectivity index (χ3n) is 2.84. The second-order valence-electron chi connectivity index (χ2n) is 3.88. The minimum absolute atomic E-state index is 0. The molecule has 0 bridgehead atoms. The van der Waals surface area contributed by atoms with Crippen LogP contribution in [0.1, 0.15) is 5.56 Å². The molecular weight excluding hydrogens is 281 g/mol. The molecule has 17 heavy (non-hydrogen) atoms. The molecule has 0 aliphatic heterocycles. The van der Waals surface area contributed by atoms with Crippen LogP contribution in [0.2, 0.25) is 0 Å². The number of benzene rings is 3. The zero-order valence-corrected chi connectivity index (χ0v) is 12.2. The van der Waals surface area contributed by atoms with Crippen LogP contribution >= 0.6 is 0 Å². The van der Waals surface area contributed by atoms with Crippen molar-refractivity contribution in [3.63, 3.8) is 0 Å². The van der Waals surface area contributed by atoms with E-state index in [2.05, 4.69) is 48.5 Å². The van der Waals surface area contributed by atoms with E-state index in [4.69, 9.17) is 6.58 Å². The van der Waals surface area contributed by atoms with Gasteiger partial charge in [0.1, 0.15) is 0 Å². The average Bonchev–Trinajstić information content (AvgIpc) is 2.35. The van der Waals surface area contributed by atoms with Gasteiger partial charge in [-0.15, -0.1) is 10.8 Å². The first-order chi connectivity index (χ1) is 7.86. The summed E-state index contributed by atoms with van der Waals surface area (Å²) in [6.07, 6.45) is 1.58. The molecule has 0 aliphatic rings. The molecule has 0 aromatic heterocycles. The van der Waals surface area contributed by atoms with Crippen molar-refractivity contribution < 1.29 is 32.7 Å². The molecular formula is C16H10Y-2. The first-order valence-corrected chi connectivity index (χ1v) is 5.26. The van der Waals surface area contributed by atoms with Crippen molar-refractivity contribution in [1.82, 2.24) is 0 Å². The molecule has 0 N–H and O–H groups in total. The summed E-state index contributed by atoms with van der Waals surface area (Å²) in [6.45, 7) is 5.50. The zero-order chi connectivity index (χ0) is 11.0. The minimum Gasteiger partial charge on any atom is -0.344 e. The second kappa shape index (κ2) is 5.12. The fourth-order valence-electron chi connectivity index (χ4n) is 1.99. The molecule has 3 aromatic rings. The normalized spacial score (nSPS) is 10.1. The summed E-state index contributed by atoms with van der Waals surface area (Å²) in [5.74, 6) is 0. The van der Waals surface area contributed by atoms with Gasteiger partial charge in [0.2, 0.25) is 0 Å². The molecule has 0 atom stereocenters. The Morgan fingerprint density at radius 1 is 0.882 bits per heavy atom. The van der Waals surface area contributed by atoms with Gasteiger partial charge in [0.05, 0.1) is 0 Å². The van der Waals surface area contributed by atoms with E-state index < -0.39 is 0 Å². The third-order valence-corrected chi connectivity index (χ3v) is 2.84. The molecule has 0 amide bonds. The van der Waals surface area contributed by atoms with Crippen LogP contribution in [0.15, 0.2) is 48.5 Å². The third kappa shape index (κ3) is 2.34. The van der Waals surface area contributed by atoms with E-state index in [1.165, 1.54) is 21.5 Å². The van der Waals surface area contributed by atoms with E-state index in [-0.39, 0.29) is 32.7 Å².